The summed E-state index contributed by atoms with van der Waals surface area (Å²) in [6.45, 7) is 0. The highest BCUT2D eigenvalue weighted by Crippen LogP contribution is 2.44. The molecule has 8 aromatic heterocycles. The molecule has 13 aromatic carbocycles. The predicted molar refractivity (Wildman–Crippen MR) is 399 cm³/mol. The minimum atomic E-state index is 0.794. The van der Waals surface area contributed by atoms with Gasteiger partial charge in [-0.1, -0.05) is 170 Å². The first kappa shape index (κ1) is 52.6. The van der Waals surface area contributed by atoms with E-state index in [1.54, 1.807) is 0 Å². The molecule has 0 radical (unpaired) electrons. The van der Waals surface area contributed by atoms with Gasteiger partial charge in [-0.05, 0) is 162 Å². The molecule has 0 bridgehead atoms. The van der Waals surface area contributed by atoms with E-state index in [-0.39, 0.29) is 0 Å². The van der Waals surface area contributed by atoms with Gasteiger partial charge in [-0.15, -0.1) is 0 Å². The first-order chi connectivity index (χ1) is 47.6. The van der Waals surface area contributed by atoms with E-state index in [0.717, 1.165) is 144 Å². The average molecular weight is 1220 g/mol. The molecule has 0 amide bonds. The largest absolute Gasteiger partial charge is 0.309 e. The number of rotatable bonds is 8. The van der Waals surface area contributed by atoms with Crippen LogP contribution in [0, 0.1) is 0 Å². The molecule has 96 heavy (non-hydrogen) atoms. The van der Waals surface area contributed by atoms with Crippen molar-refractivity contribution in [3.63, 3.8) is 0 Å². The number of benzene rings is 13. The molecule has 21 aromatic rings. The lowest BCUT2D eigenvalue weighted by Gasteiger charge is -2.16. The van der Waals surface area contributed by atoms with Crippen LogP contribution >= 0.6 is 0 Å². The van der Waals surface area contributed by atoms with E-state index in [2.05, 4.69) is 342 Å². The van der Waals surface area contributed by atoms with Crippen molar-refractivity contribution in [2.45, 2.75) is 0 Å². The molecule has 0 N–H and O–H groups in total. The summed E-state index contributed by atoms with van der Waals surface area (Å²) in [6.07, 6.45) is 3.78. The molecule has 0 fully saturated rings. The summed E-state index contributed by atoms with van der Waals surface area (Å²) in [7, 11) is 0. The Morgan fingerprint density at radius 2 is 0.438 bits per heavy atom. The molecule has 446 valence electrons. The zero-order chi connectivity index (χ0) is 62.7. The van der Waals surface area contributed by atoms with Crippen LogP contribution in [0.1, 0.15) is 0 Å². The molecule has 0 aliphatic rings. The van der Waals surface area contributed by atoms with Crippen LogP contribution in [0.15, 0.2) is 328 Å². The fourth-order valence-electron chi connectivity index (χ4n) is 16.2. The molecular weight excluding hydrogens is 1170 g/mol. The van der Waals surface area contributed by atoms with Crippen LogP contribution in [-0.2, 0) is 0 Å². The lowest BCUT2D eigenvalue weighted by molar-refractivity contribution is 1.01. The number of hydrogen-bond acceptors (Lipinski definition) is 2. The monoisotopic (exact) mass is 1220 g/mol. The Balaban J connectivity index is 0.857. The molecule has 0 spiro atoms. The van der Waals surface area contributed by atoms with Gasteiger partial charge in [0, 0.05) is 105 Å². The lowest BCUT2D eigenvalue weighted by atomic mass is 10.0. The number of pyridine rings is 2. The van der Waals surface area contributed by atoms with Crippen LogP contribution in [0.5, 0.6) is 0 Å². The standard InChI is InChI=1S/C88H54N8/c1-9-30-75-63(22-1)64-23-2-10-31-76(64)91(75)59-38-42-83-71(50-59)72-51-60(92-77-32-11-3-24-65(77)66-25-4-12-33-78(66)92)39-43-84(72)95(83)87-48-58(56-20-17-19-55(47-56)57-21-18-46-89-54-57)49-88(90-87)96-85-44-40-61(93-79-34-13-5-26-67(79)68-27-6-14-35-80(68)93)52-73(85)74-53-62(41-45-86(74)96)94-81-36-15-7-28-69(81)70-29-8-16-37-82(70)94/h1-54H. The van der Waals surface area contributed by atoms with Gasteiger partial charge < -0.3 is 18.3 Å². The maximum Gasteiger partial charge on any atom is 0.140 e. The molecule has 0 unspecified atom stereocenters. The Morgan fingerprint density at radius 3 is 0.719 bits per heavy atom. The minimum Gasteiger partial charge on any atom is -0.309 e. The van der Waals surface area contributed by atoms with Crippen molar-refractivity contribution in [1.29, 1.82) is 0 Å². The van der Waals surface area contributed by atoms with Crippen molar-refractivity contribution in [1.82, 2.24) is 37.4 Å². The van der Waals surface area contributed by atoms with E-state index in [9.17, 15) is 0 Å². The summed E-state index contributed by atoms with van der Waals surface area (Å²) in [5.41, 5.74) is 22.0. The third-order valence-corrected chi connectivity index (χ3v) is 20.3. The van der Waals surface area contributed by atoms with Crippen molar-refractivity contribution in [3.05, 3.63) is 328 Å². The van der Waals surface area contributed by atoms with Crippen molar-refractivity contribution < 1.29 is 0 Å². The maximum atomic E-state index is 6.04. The highest BCUT2D eigenvalue weighted by molar-refractivity contribution is 6.17. The van der Waals surface area contributed by atoms with E-state index in [1.165, 1.54) is 43.1 Å². The van der Waals surface area contributed by atoms with E-state index < -0.39 is 0 Å². The Labute approximate surface area is 549 Å². The Bertz CT molecular complexity index is 5920. The minimum absolute atomic E-state index is 0.794. The number of aromatic nitrogens is 8. The maximum absolute atomic E-state index is 6.04. The molecular formula is C88H54N8. The van der Waals surface area contributed by atoms with Gasteiger partial charge in [-0.3, -0.25) is 14.1 Å². The van der Waals surface area contributed by atoms with Crippen LogP contribution in [0.3, 0.4) is 0 Å². The molecule has 0 aliphatic heterocycles. The fourth-order valence-corrected chi connectivity index (χ4v) is 16.2. The zero-order valence-electron chi connectivity index (χ0n) is 51.8. The third-order valence-electron chi connectivity index (χ3n) is 20.3. The number of hydrogen-bond donors (Lipinski definition) is 0. The van der Waals surface area contributed by atoms with Gasteiger partial charge in [0.2, 0.25) is 0 Å². The van der Waals surface area contributed by atoms with Gasteiger partial charge in [0.05, 0.1) is 66.2 Å². The van der Waals surface area contributed by atoms with Crippen molar-refractivity contribution in [3.8, 4) is 56.6 Å². The normalized spacial score (nSPS) is 12.2. The zero-order valence-corrected chi connectivity index (χ0v) is 51.8. The SMILES string of the molecule is c1cncc(-c2cccc(-c3cc(-n4c5ccc(-n6c7ccccc7c7ccccc76)cc5c5cc(-n6c7ccccc7c7ccccc76)ccc54)nc(-n4c5ccc(-n6c7ccccc7c7ccccc76)cc5c5cc(-n6c7ccccc7c7ccccc76)ccc54)c3)c2)c1. The van der Waals surface area contributed by atoms with Crippen LogP contribution in [0.25, 0.3) is 187 Å². The van der Waals surface area contributed by atoms with E-state index in [4.69, 9.17) is 4.98 Å². The third kappa shape index (κ3) is 7.60. The molecule has 0 atom stereocenters. The Morgan fingerprint density at radius 1 is 0.177 bits per heavy atom. The van der Waals surface area contributed by atoms with Gasteiger partial charge in [0.15, 0.2) is 0 Å². The lowest BCUT2D eigenvalue weighted by Crippen LogP contribution is -2.05. The van der Waals surface area contributed by atoms with Crippen molar-refractivity contribution in [2.24, 2.45) is 0 Å². The second-order valence-electron chi connectivity index (χ2n) is 25.4. The summed E-state index contributed by atoms with van der Waals surface area (Å²) in [4.78, 5) is 10.6. The summed E-state index contributed by atoms with van der Waals surface area (Å²) in [5.74, 6) is 1.59. The van der Waals surface area contributed by atoms with Crippen LogP contribution in [-0.4, -0.2) is 37.4 Å². The first-order valence-corrected chi connectivity index (χ1v) is 32.8. The van der Waals surface area contributed by atoms with Crippen molar-refractivity contribution in [2.75, 3.05) is 0 Å². The molecule has 0 aliphatic carbocycles. The van der Waals surface area contributed by atoms with E-state index in [1.807, 2.05) is 18.5 Å². The highest BCUT2D eigenvalue weighted by Gasteiger charge is 2.24. The molecule has 8 heterocycles. The molecule has 8 heteroatoms. The fraction of sp³-hybridized carbons (Fsp3) is 0. The van der Waals surface area contributed by atoms with Gasteiger partial charge in [-0.25, -0.2) is 4.98 Å². The van der Waals surface area contributed by atoms with Crippen LogP contribution in [0.4, 0.5) is 0 Å². The van der Waals surface area contributed by atoms with E-state index in [0.29, 0.717) is 0 Å². The molecule has 0 saturated carbocycles. The Hall–Kier alpha value is -13.0. The Kier molecular flexibility index (Phi) is 11.1. The molecule has 0 saturated heterocycles. The van der Waals surface area contributed by atoms with Crippen LogP contribution in [0.2, 0.25) is 0 Å². The van der Waals surface area contributed by atoms with Gasteiger partial charge in [0.1, 0.15) is 11.6 Å². The van der Waals surface area contributed by atoms with Gasteiger partial charge in [0.25, 0.3) is 0 Å². The molecule has 21 rings (SSSR count). The summed E-state index contributed by atoms with van der Waals surface area (Å²) in [5, 5.41) is 14.3. The van der Waals surface area contributed by atoms with Crippen molar-refractivity contribution >= 4 is 131 Å². The first-order valence-electron chi connectivity index (χ1n) is 32.8. The average Bonchev–Trinajstić information content (AvgIpc) is 1.00. The second kappa shape index (κ2) is 20.2. The number of para-hydroxylation sites is 8. The smallest absolute Gasteiger partial charge is 0.140 e. The van der Waals surface area contributed by atoms with Gasteiger partial charge in [-0.2, -0.15) is 0 Å². The predicted octanol–water partition coefficient (Wildman–Crippen LogP) is 22.4. The number of fused-ring (bicyclic) bond motifs is 18. The quantitative estimate of drug-likeness (QED) is 0.152. The summed E-state index contributed by atoms with van der Waals surface area (Å²) >= 11 is 0. The van der Waals surface area contributed by atoms with Gasteiger partial charge >= 0.3 is 0 Å². The highest BCUT2D eigenvalue weighted by atomic mass is 15.1. The molecule has 8 nitrogen and oxygen atoms in total. The summed E-state index contributed by atoms with van der Waals surface area (Å²) in [6, 6.07) is 116. The van der Waals surface area contributed by atoms with Crippen LogP contribution < -0.4 is 0 Å². The second-order valence-corrected chi connectivity index (χ2v) is 25.4. The number of nitrogens with zero attached hydrogens (tertiary/aromatic N) is 8. The topological polar surface area (TPSA) is 55.4 Å². The summed E-state index contributed by atoms with van der Waals surface area (Å²) < 4.78 is 14.5. The van der Waals surface area contributed by atoms with E-state index >= 15 is 0 Å².